The summed E-state index contributed by atoms with van der Waals surface area (Å²) in [5.41, 5.74) is 3.00. The first-order valence-electron chi connectivity index (χ1n) is 12.1. The van der Waals surface area contributed by atoms with Crippen LogP contribution in [0.1, 0.15) is 30.8 Å². The molecule has 0 spiro atoms. The van der Waals surface area contributed by atoms with Crippen molar-refractivity contribution in [2.75, 3.05) is 6.61 Å². The van der Waals surface area contributed by atoms with E-state index in [9.17, 15) is 4.79 Å². The van der Waals surface area contributed by atoms with Crippen molar-refractivity contribution in [2.24, 2.45) is 0 Å². The molecule has 5 rings (SSSR count). The van der Waals surface area contributed by atoms with E-state index < -0.39 is 0 Å². The summed E-state index contributed by atoms with van der Waals surface area (Å²) in [4.78, 5) is 17.5. The Kier molecular flexibility index (Phi) is 6.75. The van der Waals surface area contributed by atoms with Gasteiger partial charge in [-0.1, -0.05) is 72.8 Å². The number of rotatable bonds is 9. The number of ether oxygens (including phenoxy) is 1. The van der Waals surface area contributed by atoms with Crippen molar-refractivity contribution in [3.63, 3.8) is 0 Å². The molecule has 0 fully saturated rings. The summed E-state index contributed by atoms with van der Waals surface area (Å²) in [5, 5.41) is 5.51. The topological polar surface area (TPSA) is 56.2 Å². The number of carbonyl (C=O) groups is 1. The van der Waals surface area contributed by atoms with Gasteiger partial charge in [0.25, 0.3) is 0 Å². The lowest BCUT2D eigenvalue weighted by Gasteiger charge is -2.17. The van der Waals surface area contributed by atoms with Gasteiger partial charge in [-0.25, -0.2) is 4.98 Å². The number of aryl methyl sites for hydroxylation is 1. The number of nitrogens with zero attached hydrogens (tertiary/aromatic N) is 2. The number of hydrogen-bond donors (Lipinski definition) is 1. The number of hydrogen-bond acceptors (Lipinski definition) is 3. The monoisotopic (exact) mass is 463 g/mol. The van der Waals surface area contributed by atoms with E-state index in [2.05, 4.69) is 40.2 Å². The van der Waals surface area contributed by atoms with Crippen molar-refractivity contribution >= 4 is 27.7 Å². The molecule has 5 nitrogen and oxygen atoms in total. The minimum atomic E-state index is -0.208. The van der Waals surface area contributed by atoms with Gasteiger partial charge in [0, 0.05) is 6.54 Å². The van der Waals surface area contributed by atoms with Crippen molar-refractivity contribution in [3.05, 3.63) is 108 Å². The molecule has 1 heterocycles. The van der Waals surface area contributed by atoms with Crippen LogP contribution in [0.4, 0.5) is 0 Å². The SMILES string of the molecule is CC(NC(=O)Cc1ccccc1)c1nc2ccccc2n1CCCOc1ccc2ccccc2c1. The lowest BCUT2D eigenvalue weighted by atomic mass is 10.1. The van der Waals surface area contributed by atoms with Crippen LogP contribution in [0.2, 0.25) is 0 Å². The van der Waals surface area contributed by atoms with Crippen LogP contribution in [0.15, 0.2) is 97.1 Å². The molecular formula is C30H29N3O2. The molecule has 176 valence electrons. The average Bonchev–Trinajstić information content (AvgIpc) is 3.26. The van der Waals surface area contributed by atoms with Gasteiger partial charge in [0.05, 0.1) is 30.1 Å². The second-order valence-corrected chi connectivity index (χ2v) is 8.77. The molecular weight excluding hydrogens is 434 g/mol. The Morgan fingerprint density at radius 3 is 2.51 bits per heavy atom. The molecule has 0 saturated heterocycles. The molecule has 1 aromatic heterocycles. The van der Waals surface area contributed by atoms with E-state index in [1.165, 1.54) is 10.8 Å². The van der Waals surface area contributed by atoms with Crippen LogP contribution in [-0.2, 0) is 17.8 Å². The Morgan fingerprint density at radius 2 is 1.66 bits per heavy atom. The number of aromatic nitrogens is 2. The van der Waals surface area contributed by atoms with E-state index in [1.807, 2.05) is 73.7 Å². The zero-order valence-corrected chi connectivity index (χ0v) is 19.9. The van der Waals surface area contributed by atoms with Gasteiger partial charge in [-0.05, 0) is 53.9 Å². The third-order valence-electron chi connectivity index (χ3n) is 6.17. The zero-order valence-electron chi connectivity index (χ0n) is 19.9. The number of amides is 1. The van der Waals surface area contributed by atoms with E-state index >= 15 is 0 Å². The molecule has 0 aliphatic heterocycles. The van der Waals surface area contributed by atoms with E-state index in [-0.39, 0.29) is 11.9 Å². The fraction of sp³-hybridized carbons (Fsp3) is 0.200. The van der Waals surface area contributed by atoms with E-state index in [1.54, 1.807) is 0 Å². The first-order valence-corrected chi connectivity index (χ1v) is 12.1. The second-order valence-electron chi connectivity index (χ2n) is 8.77. The molecule has 0 aliphatic rings. The van der Waals surface area contributed by atoms with E-state index in [0.717, 1.165) is 41.1 Å². The number of nitrogens with one attached hydrogen (secondary N) is 1. The quantitative estimate of drug-likeness (QED) is 0.270. The molecule has 0 bridgehead atoms. The molecule has 4 aromatic carbocycles. The summed E-state index contributed by atoms with van der Waals surface area (Å²) in [7, 11) is 0. The first kappa shape index (κ1) is 22.7. The number of benzene rings is 4. The van der Waals surface area contributed by atoms with Gasteiger partial charge in [-0.3, -0.25) is 4.79 Å². The summed E-state index contributed by atoms with van der Waals surface area (Å²) in [6.07, 6.45) is 1.18. The highest BCUT2D eigenvalue weighted by molar-refractivity contribution is 5.83. The summed E-state index contributed by atoms with van der Waals surface area (Å²) < 4.78 is 8.25. The second kappa shape index (κ2) is 10.4. The third-order valence-corrected chi connectivity index (χ3v) is 6.17. The highest BCUT2D eigenvalue weighted by atomic mass is 16.5. The Labute approximate surface area is 205 Å². The average molecular weight is 464 g/mol. The van der Waals surface area contributed by atoms with Crippen molar-refractivity contribution in [1.82, 2.24) is 14.9 Å². The van der Waals surface area contributed by atoms with Gasteiger partial charge in [0.1, 0.15) is 11.6 Å². The predicted octanol–water partition coefficient (Wildman–Crippen LogP) is 6.08. The van der Waals surface area contributed by atoms with Crippen LogP contribution in [-0.4, -0.2) is 22.1 Å². The Morgan fingerprint density at radius 1 is 0.914 bits per heavy atom. The molecule has 0 aliphatic carbocycles. The minimum absolute atomic E-state index is 0.0121. The number of fused-ring (bicyclic) bond motifs is 2. The van der Waals surface area contributed by atoms with Crippen molar-refractivity contribution < 1.29 is 9.53 Å². The summed E-state index contributed by atoms with van der Waals surface area (Å²) in [6.45, 7) is 3.34. The lowest BCUT2D eigenvalue weighted by molar-refractivity contribution is -0.121. The van der Waals surface area contributed by atoms with Gasteiger partial charge in [0.2, 0.25) is 5.91 Å². The maximum absolute atomic E-state index is 12.7. The predicted molar refractivity (Wildman–Crippen MR) is 140 cm³/mol. The van der Waals surface area contributed by atoms with Crippen molar-refractivity contribution in [3.8, 4) is 5.75 Å². The molecule has 1 amide bonds. The summed E-state index contributed by atoms with van der Waals surface area (Å²) >= 11 is 0. The highest BCUT2D eigenvalue weighted by Crippen LogP contribution is 2.23. The number of imidazole rings is 1. The smallest absolute Gasteiger partial charge is 0.224 e. The standard InChI is InChI=1S/C30H29N3O2/c1-22(31-29(34)20-23-10-3-2-4-11-23)30-32-27-14-7-8-15-28(27)33(30)18-9-19-35-26-17-16-24-12-5-6-13-25(24)21-26/h2-8,10-17,21-22H,9,18-20H2,1H3,(H,31,34). The molecule has 5 heteroatoms. The molecule has 1 unspecified atom stereocenters. The fourth-order valence-corrected chi connectivity index (χ4v) is 4.47. The van der Waals surface area contributed by atoms with Crippen LogP contribution < -0.4 is 10.1 Å². The normalized spacial score (nSPS) is 12.0. The molecule has 1 N–H and O–H groups in total. The number of para-hydroxylation sites is 2. The van der Waals surface area contributed by atoms with Gasteiger partial charge in [-0.2, -0.15) is 0 Å². The van der Waals surface area contributed by atoms with Crippen LogP contribution in [0, 0.1) is 0 Å². The minimum Gasteiger partial charge on any atom is -0.494 e. The largest absolute Gasteiger partial charge is 0.494 e. The Balaban J connectivity index is 1.25. The molecule has 0 radical (unpaired) electrons. The molecule has 35 heavy (non-hydrogen) atoms. The van der Waals surface area contributed by atoms with Crippen molar-refractivity contribution in [2.45, 2.75) is 32.4 Å². The highest BCUT2D eigenvalue weighted by Gasteiger charge is 2.18. The number of carbonyl (C=O) groups excluding carboxylic acids is 1. The fourth-order valence-electron chi connectivity index (χ4n) is 4.47. The van der Waals surface area contributed by atoms with Crippen LogP contribution in [0.5, 0.6) is 5.75 Å². The Bertz CT molecular complexity index is 1440. The first-order chi connectivity index (χ1) is 17.2. The van der Waals surface area contributed by atoms with Gasteiger partial charge in [0.15, 0.2) is 0 Å². The summed E-state index contributed by atoms with van der Waals surface area (Å²) in [5.74, 6) is 1.72. The lowest BCUT2D eigenvalue weighted by Crippen LogP contribution is -2.30. The van der Waals surface area contributed by atoms with Gasteiger partial charge in [-0.15, -0.1) is 0 Å². The van der Waals surface area contributed by atoms with Crippen LogP contribution in [0.3, 0.4) is 0 Å². The molecule has 5 aromatic rings. The molecule has 1 atom stereocenters. The van der Waals surface area contributed by atoms with Gasteiger partial charge < -0.3 is 14.6 Å². The third kappa shape index (κ3) is 5.35. The Hall–Kier alpha value is -4.12. The maximum atomic E-state index is 12.7. The van der Waals surface area contributed by atoms with E-state index in [0.29, 0.717) is 13.0 Å². The zero-order chi connectivity index (χ0) is 24.0. The summed E-state index contributed by atoms with van der Waals surface area (Å²) in [6, 6.07) is 32.2. The maximum Gasteiger partial charge on any atom is 0.224 e. The van der Waals surface area contributed by atoms with Crippen LogP contribution in [0.25, 0.3) is 21.8 Å². The van der Waals surface area contributed by atoms with E-state index in [4.69, 9.17) is 9.72 Å². The van der Waals surface area contributed by atoms with Crippen LogP contribution >= 0.6 is 0 Å². The molecule has 0 saturated carbocycles. The van der Waals surface area contributed by atoms with Gasteiger partial charge >= 0.3 is 0 Å². The van der Waals surface area contributed by atoms with Crippen molar-refractivity contribution in [1.29, 1.82) is 0 Å².